The van der Waals surface area contributed by atoms with Crippen molar-refractivity contribution in [2.45, 2.75) is 57.0 Å². The molecule has 2 nitrogen and oxygen atoms in total. The maximum Gasteiger partial charge on any atom is 0.224 e. The molecule has 78 valence electrons. The molecular weight excluding hydrogens is 277 g/mol. The second kappa shape index (κ2) is 5.83. The lowest BCUT2D eigenvalue weighted by molar-refractivity contribution is -0.134. The van der Waals surface area contributed by atoms with E-state index in [1.807, 2.05) is 4.90 Å². The van der Waals surface area contributed by atoms with E-state index in [0.717, 1.165) is 0 Å². The van der Waals surface area contributed by atoms with E-state index >= 15 is 0 Å². The van der Waals surface area contributed by atoms with Crippen molar-refractivity contribution in [2.75, 3.05) is 0 Å². The molecule has 0 aliphatic heterocycles. The number of halogens is 1. The molecule has 0 aromatic heterocycles. The highest BCUT2D eigenvalue weighted by atomic mass is 127. The number of alkyl halides is 1. The molecule has 0 aromatic carbocycles. The van der Waals surface area contributed by atoms with Crippen molar-refractivity contribution in [3.8, 4) is 0 Å². The number of carbonyl (C=O) groups excluding carboxylic acids is 1. The number of amides is 1. The lowest BCUT2D eigenvalue weighted by atomic mass is 10.2. The SMILES string of the molecule is CC(I)CC(=O)N(C(C)C)C(C)C. The molecule has 0 heterocycles. The standard InChI is InChI=1S/C10H20INO/c1-7(2)12(8(3)4)10(13)6-9(5)11/h7-9H,6H2,1-5H3. The van der Waals surface area contributed by atoms with Crippen molar-refractivity contribution >= 4 is 28.5 Å². The van der Waals surface area contributed by atoms with E-state index in [1.54, 1.807) is 0 Å². The van der Waals surface area contributed by atoms with Gasteiger partial charge in [0.2, 0.25) is 5.91 Å². The van der Waals surface area contributed by atoms with Gasteiger partial charge in [-0.3, -0.25) is 4.79 Å². The van der Waals surface area contributed by atoms with Crippen LogP contribution in [0, 0.1) is 0 Å². The largest absolute Gasteiger partial charge is 0.338 e. The quantitative estimate of drug-likeness (QED) is 0.577. The Labute approximate surface area is 95.2 Å². The van der Waals surface area contributed by atoms with Crippen LogP contribution in [0.2, 0.25) is 0 Å². The van der Waals surface area contributed by atoms with E-state index in [-0.39, 0.29) is 5.91 Å². The molecule has 3 heteroatoms. The fourth-order valence-corrected chi connectivity index (χ4v) is 1.90. The van der Waals surface area contributed by atoms with Crippen molar-refractivity contribution < 1.29 is 4.79 Å². The van der Waals surface area contributed by atoms with Crippen LogP contribution in [0.5, 0.6) is 0 Å². The molecule has 0 saturated carbocycles. The first kappa shape index (κ1) is 13.2. The number of hydrogen-bond donors (Lipinski definition) is 0. The third kappa shape index (κ3) is 4.84. The Morgan fingerprint density at radius 3 is 1.77 bits per heavy atom. The first-order valence-corrected chi connectivity index (χ1v) is 6.06. The highest BCUT2D eigenvalue weighted by Gasteiger charge is 2.20. The van der Waals surface area contributed by atoms with E-state index in [4.69, 9.17) is 0 Å². The van der Waals surface area contributed by atoms with Gasteiger partial charge in [-0.2, -0.15) is 0 Å². The Morgan fingerprint density at radius 2 is 1.54 bits per heavy atom. The Bertz CT molecular complexity index is 158. The predicted molar refractivity (Wildman–Crippen MR) is 65.2 cm³/mol. The van der Waals surface area contributed by atoms with Gasteiger partial charge in [0.15, 0.2) is 0 Å². The van der Waals surface area contributed by atoms with Crippen molar-refractivity contribution in [1.29, 1.82) is 0 Å². The Balaban J connectivity index is 4.29. The molecule has 0 spiro atoms. The highest BCUT2D eigenvalue weighted by Crippen LogP contribution is 2.12. The van der Waals surface area contributed by atoms with E-state index in [2.05, 4.69) is 57.2 Å². The summed E-state index contributed by atoms with van der Waals surface area (Å²) in [5.74, 6) is 0.270. The second-order valence-corrected chi connectivity index (χ2v) is 6.10. The lowest BCUT2D eigenvalue weighted by Gasteiger charge is -2.31. The molecule has 0 aliphatic carbocycles. The minimum atomic E-state index is 0.270. The van der Waals surface area contributed by atoms with Crippen molar-refractivity contribution in [3.63, 3.8) is 0 Å². The van der Waals surface area contributed by atoms with Gasteiger partial charge in [0.25, 0.3) is 0 Å². The molecule has 0 bridgehead atoms. The summed E-state index contributed by atoms with van der Waals surface area (Å²) >= 11 is 2.29. The van der Waals surface area contributed by atoms with Crippen LogP contribution in [0.4, 0.5) is 0 Å². The summed E-state index contributed by atoms with van der Waals surface area (Å²) in [6.07, 6.45) is 0.650. The van der Waals surface area contributed by atoms with Crippen LogP contribution in [0.15, 0.2) is 0 Å². The maximum atomic E-state index is 11.8. The fraction of sp³-hybridized carbons (Fsp3) is 0.900. The molecule has 0 aromatic rings. The fourth-order valence-electron chi connectivity index (χ4n) is 1.52. The van der Waals surface area contributed by atoms with Gasteiger partial charge in [0, 0.05) is 22.4 Å². The highest BCUT2D eigenvalue weighted by molar-refractivity contribution is 14.1. The Morgan fingerprint density at radius 1 is 1.15 bits per heavy atom. The van der Waals surface area contributed by atoms with Gasteiger partial charge in [0.05, 0.1) is 0 Å². The molecule has 13 heavy (non-hydrogen) atoms. The number of carbonyl (C=O) groups is 1. The van der Waals surface area contributed by atoms with Crippen LogP contribution in [0.1, 0.15) is 41.0 Å². The van der Waals surface area contributed by atoms with Gasteiger partial charge in [-0.15, -0.1) is 0 Å². The topological polar surface area (TPSA) is 20.3 Å². The van der Waals surface area contributed by atoms with Crippen LogP contribution in [-0.4, -0.2) is 26.8 Å². The summed E-state index contributed by atoms with van der Waals surface area (Å²) in [7, 11) is 0. The molecular formula is C10H20INO. The number of rotatable bonds is 4. The molecule has 0 radical (unpaired) electrons. The Kier molecular flexibility index (Phi) is 5.92. The smallest absolute Gasteiger partial charge is 0.224 e. The maximum absolute atomic E-state index is 11.8. The van der Waals surface area contributed by atoms with Gasteiger partial charge >= 0.3 is 0 Å². The van der Waals surface area contributed by atoms with E-state index in [9.17, 15) is 4.79 Å². The molecule has 0 N–H and O–H groups in total. The third-order valence-electron chi connectivity index (χ3n) is 1.86. The normalized spacial score (nSPS) is 13.5. The number of nitrogens with zero attached hydrogens (tertiary/aromatic N) is 1. The van der Waals surface area contributed by atoms with Crippen molar-refractivity contribution in [3.05, 3.63) is 0 Å². The van der Waals surface area contributed by atoms with Gasteiger partial charge in [-0.1, -0.05) is 29.5 Å². The first-order chi connectivity index (χ1) is 5.86. The summed E-state index contributed by atoms with van der Waals surface area (Å²) in [6, 6.07) is 0.616. The Hall–Kier alpha value is 0.200. The van der Waals surface area contributed by atoms with Crippen LogP contribution < -0.4 is 0 Å². The summed E-state index contributed by atoms with van der Waals surface area (Å²) in [5.41, 5.74) is 0. The van der Waals surface area contributed by atoms with Crippen LogP contribution >= 0.6 is 22.6 Å². The van der Waals surface area contributed by atoms with Crippen LogP contribution in [-0.2, 0) is 4.79 Å². The van der Waals surface area contributed by atoms with E-state index in [1.165, 1.54) is 0 Å². The summed E-state index contributed by atoms with van der Waals surface area (Å²) in [6.45, 7) is 10.3. The first-order valence-electron chi connectivity index (χ1n) is 4.81. The van der Waals surface area contributed by atoms with E-state index < -0.39 is 0 Å². The molecule has 1 atom stereocenters. The van der Waals surface area contributed by atoms with Gasteiger partial charge < -0.3 is 4.90 Å². The molecule has 1 unspecified atom stereocenters. The monoisotopic (exact) mass is 297 g/mol. The molecule has 0 rings (SSSR count). The molecule has 0 fully saturated rings. The summed E-state index contributed by atoms with van der Waals surface area (Å²) < 4.78 is 0.421. The van der Waals surface area contributed by atoms with Crippen LogP contribution in [0.25, 0.3) is 0 Å². The van der Waals surface area contributed by atoms with Crippen molar-refractivity contribution in [2.24, 2.45) is 0 Å². The zero-order valence-corrected chi connectivity index (χ0v) is 11.3. The minimum Gasteiger partial charge on any atom is -0.338 e. The zero-order chi connectivity index (χ0) is 10.6. The lowest BCUT2D eigenvalue weighted by Crippen LogP contribution is -2.42. The van der Waals surface area contributed by atoms with Gasteiger partial charge in [0.1, 0.15) is 0 Å². The second-order valence-electron chi connectivity index (χ2n) is 3.97. The molecule has 1 amide bonds. The third-order valence-corrected chi connectivity index (χ3v) is 2.30. The van der Waals surface area contributed by atoms with Gasteiger partial charge in [-0.05, 0) is 27.7 Å². The summed E-state index contributed by atoms with van der Waals surface area (Å²) in [4.78, 5) is 13.7. The minimum absolute atomic E-state index is 0.270. The predicted octanol–water partition coefficient (Wildman–Crippen LogP) is 2.85. The number of hydrogen-bond acceptors (Lipinski definition) is 1. The zero-order valence-electron chi connectivity index (χ0n) is 9.17. The van der Waals surface area contributed by atoms with Crippen molar-refractivity contribution in [1.82, 2.24) is 4.90 Å². The summed E-state index contributed by atoms with van der Waals surface area (Å²) in [5, 5.41) is 0. The van der Waals surface area contributed by atoms with Crippen LogP contribution in [0.3, 0.4) is 0 Å². The van der Waals surface area contributed by atoms with Gasteiger partial charge in [-0.25, -0.2) is 0 Å². The molecule has 0 aliphatic rings. The average molecular weight is 297 g/mol. The van der Waals surface area contributed by atoms with E-state index in [0.29, 0.717) is 22.4 Å². The molecule has 0 saturated heterocycles. The average Bonchev–Trinajstić information content (AvgIpc) is 1.81.